The summed E-state index contributed by atoms with van der Waals surface area (Å²) < 4.78 is 0. The van der Waals surface area contributed by atoms with Crippen molar-refractivity contribution in [3.8, 4) is 0 Å². The van der Waals surface area contributed by atoms with E-state index < -0.39 is 0 Å². The van der Waals surface area contributed by atoms with E-state index in [9.17, 15) is 0 Å². The molecule has 0 bridgehead atoms. The second-order valence-corrected chi connectivity index (χ2v) is 4.68. The minimum atomic E-state index is 0.487. The number of anilines is 1. The fourth-order valence-electron chi connectivity index (χ4n) is 1.54. The van der Waals surface area contributed by atoms with Crippen molar-refractivity contribution in [3.63, 3.8) is 0 Å². The molecule has 0 radical (unpaired) electrons. The van der Waals surface area contributed by atoms with E-state index in [-0.39, 0.29) is 0 Å². The van der Waals surface area contributed by atoms with Gasteiger partial charge in [-0.2, -0.15) is 0 Å². The van der Waals surface area contributed by atoms with Crippen LogP contribution in [0.5, 0.6) is 0 Å². The summed E-state index contributed by atoms with van der Waals surface area (Å²) in [7, 11) is 2.08. The van der Waals surface area contributed by atoms with Gasteiger partial charge in [0.05, 0.1) is 12.2 Å². The fraction of sp³-hybridized carbons (Fsp3) is 0.250. The molecule has 0 aliphatic heterocycles. The Hall–Kier alpha value is -1.39. The Bertz CT molecular complexity index is 439. The number of rotatable bonds is 4. The predicted octanol–water partition coefficient (Wildman–Crippen LogP) is 2.24. The first kappa shape index (κ1) is 11.1. The van der Waals surface area contributed by atoms with Gasteiger partial charge < -0.3 is 10.6 Å². The van der Waals surface area contributed by atoms with Crippen molar-refractivity contribution in [2.24, 2.45) is 5.73 Å². The standard InChI is InChI=1S/C12H15N3S/c1-15(9-12-3-2-6-16-12)11-4-5-14-10(7-11)8-13/h2-7H,8-9,13H2,1H3. The average molecular weight is 233 g/mol. The van der Waals surface area contributed by atoms with E-state index in [4.69, 9.17) is 5.73 Å². The first-order chi connectivity index (χ1) is 7.79. The second-order valence-electron chi connectivity index (χ2n) is 3.64. The number of nitrogens with zero attached hydrogens (tertiary/aromatic N) is 2. The Kier molecular flexibility index (Phi) is 3.54. The summed E-state index contributed by atoms with van der Waals surface area (Å²) in [6, 6.07) is 8.26. The third-order valence-electron chi connectivity index (χ3n) is 2.42. The highest BCUT2D eigenvalue weighted by atomic mass is 32.1. The SMILES string of the molecule is CN(Cc1cccs1)c1ccnc(CN)c1. The summed E-state index contributed by atoms with van der Waals surface area (Å²) >= 11 is 1.77. The van der Waals surface area contributed by atoms with E-state index in [0.29, 0.717) is 6.54 Å². The number of hydrogen-bond acceptors (Lipinski definition) is 4. The number of thiophene rings is 1. The van der Waals surface area contributed by atoms with Crippen LogP contribution < -0.4 is 10.6 Å². The van der Waals surface area contributed by atoms with E-state index in [1.165, 1.54) is 4.88 Å². The molecule has 0 saturated carbocycles. The highest BCUT2D eigenvalue weighted by molar-refractivity contribution is 7.09. The highest BCUT2D eigenvalue weighted by Gasteiger charge is 2.03. The Morgan fingerprint density at radius 1 is 1.44 bits per heavy atom. The lowest BCUT2D eigenvalue weighted by Crippen LogP contribution is -2.16. The Labute approximate surface area is 99.5 Å². The smallest absolute Gasteiger partial charge is 0.0560 e. The van der Waals surface area contributed by atoms with Crippen molar-refractivity contribution in [1.29, 1.82) is 0 Å². The van der Waals surface area contributed by atoms with Crippen LogP contribution in [0.4, 0.5) is 5.69 Å². The lowest BCUT2D eigenvalue weighted by Gasteiger charge is -2.18. The van der Waals surface area contributed by atoms with E-state index in [2.05, 4.69) is 34.4 Å². The third-order valence-corrected chi connectivity index (χ3v) is 3.28. The molecule has 3 nitrogen and oxygen atoms in total. The maximum atomic E-state index is 5.58. The summed E-state index contributed by atoms with van der Waals surface area (Å²) in [6.45, 7) is 1.41. The normalized spacial score (nSPS) is 10.4. The van der Waals surface area contributed by atoms with Gasteiger partial charge in [0.1, 0.15) is 0 Å². The fourth-order valence-corrected chi connectivity index (χ4v) is 2.30. The first-order valence-electron chi connectivity index (χ1n) is 5.18. The molecule has 0 fully saturated rings. The minimum Gasteiger partial charge on any atom is -0.369 e. The van der Waals surface area contributed by atoms with Crippen molar-refractivity contribution in [1.82, 2.24) is 4.98 Å². The summed E-state index contributed by atoms with van der Waals surface area (Å²) in [5, 5.41) is 2.10. The molecule has 2 heterocycles. The van der Waals surface area contributed by atoms with Gasteiger partial charge in [-0.25, -0.2) is 0 Å². The molecule has 0 saturated heterocycles. The molecule has 0 atom stereocenters. The molecule has 4 heteroatoms. The molecule has 16 heavy (non-hydrogen) atoms. The lowest BCUT2D eigenvalue weighted by molar-refractivity contribution is 0.922. The third kappa shape index (κ3) is 2.59. The van der Waals surface area contributed by atoms with Gasteiger partial charge in [0.15, 0.2) is 0 Å². The molecule has 0 amide bonds. The van der Waals surface area contributed by atoms with Crippen LogP contribution in [-0.4, -0.2) is 12.0 Å². The van der Waals surface area contributed by atoms with Crippen LogP contribution in [0.1, 0.15) is 10.6 Å². The monoisotopic (exact) mass is 233 g/mol. The maximum absolute atomic E-state index is 5.58. The number of hydrogen-bond donors (Lipinski definition) is 1. The Morgan fingerprint density at radius 3 is 3.00 bits per heavy atom. The largest absolute Gasteiger partial charge is 0.369 e. The van der Waals surface area contributed by atoms with Crippen molar-refractivity contribution < 1.29 is 0 Å². The van der Waals surface area contributed by atoms with Gasteiger partial charge in [-0.15, -0.1) is 11.3 Å². The predicted molar refractivity (Wildman–Crippen MR) is 68.6 cm³/mol. The van der Waals surface area contributed by atoms with Gasteiger partial charge in [-0.1, -0.05) is 6.07 Å². The summed E-state index contributed by atoms with van der Waals surface area (Å²) in [5.74, 6) is 0. The molecule has 2 aromatic heterocycles. The molecule has 0 aliphatic carbocycles. The molecule has 0 aromatic carbocycles. The Morgan fingerprint density at radius 2 is 2.31 bits per heavy atom. The first-order valence-corrected chi connectivity index (χ1v) is 6.06. The average Bonchev–Trinajstić information content (AvgIpc) is 2.82. The van der Waals surface area contributed by atoms with Crippen molar-refractivity contribution in [2.45, 2.75) is 13.1 Å². The minimum absolute atomic E-state index is 0.487. The molecule has 2 N–H and O–H groups in total. The van der Waals surface area contributed by atoms with Gasteiger partial charge in [-0.05, 0) is 23.6 Å². The molecule has 84 valence electrons. The number of aromatic nitrogens is 1. The van der Waals surface area contributed by atoms with Crippen molar-refractivity contribution in [2.75, 3.05) is 11.9 Å². The summed E-state index contributed by atoms with van der Waals surface area (Å²) in [6.07, 6.45) is 1.81. The molecule has 0 spiro atoms. The van der Waals surface area contributed by atoms with E-state index in [0.717, 1.165) is 17.9 Å². The molecule has 2 rings (SSSR count). The van der Waals surface area contributed by atoms with Crippen LogP contribution in [0.3, 0.4) is 0 Å². The van der Waals surface area contributed by atoms with Crippen LogP contribution in [-0.2, 0) is 13.1 Å². The van der Waals surface area contributed by atoms with Gasteiger partial charge in [-0.3, -0.25) is 4.98 Å². The maximum Gasteiger partial charge on any atom is 0.0560 e. The van der Waals surface area contributed by atoms with Gasteiger partial charge in [0.25, 0.3) is 0 Å². The molecule has 0 aliphatic rings. The summed E-state index contributed by atoms with van der Waals surface area (Å²) in [4.78, 5) is 7.74. The Balaban J connectivity index is 2.11. The van der Waals surface area contributed by atoms with E-state index in [1.807, 2.05) is 18.3 Å². The van der Waals surface area contributed by atoms with Crippen molar-refractivity contribution in [3.05, 3.63) is 46.4 Å². The van der Waals surface area contributed by atoms with Crippen LogP contribution in [0.25, 0.3) is 0 Å². The molecular formula is C12H15N3S. The highest BCUT2D eigenvalue weighted by Crippen LogP contribution is 2.18. The van der Waals surface area contributed by atoms with Gasteiger partial charge in [0, 0.05) is 30.4 Å². The van der Waals surface area contributed by atoms with Crippen LogP contribution in [0.15, 0.2) is 35.8 Å². The second kappa shape index (κ2) is 5.09. The summed E-state index contributed by atoms with van der Waals surface area (Å²) in [5.41, 5.74) is 7.66. The van der Waals surface area contributed by atoms with Crippen LogP contribution >= 0.6 is 11.3 Å². The molecule has 2 aromatic rings. The zero-order valence-electron chi connectivity index (χ0n) is 9.26. The number of pyridine rings is 1. The van der Waals surface area contributed by atoms with E-state index >= 15 is 0 Å². The number of nitrogens with two attached hydrogens (primary N) is 1. The topological polar surface area (TPSA) is 42.2 Å². The zero-order valence-corrected chi connectivity index (χ0v) is 10.1. The van der Waals surface area contributed by atoms with Crippen LogP contribution in [0.2, 0.25) is 0 Å². The van der Waals surface area contributed by atoms with Gasteiger partial charge in [0.2, 0.25) is 0 Å². The lowest BCUT2D eigenvalue weighted by atomic mass is 10.3. The van der Waals surface area contributed by atoms with Gasteiger partial charge >= 0.3 is 0 Å². The zero-order chi connectivity index (χ0) is 11.4. The quantitative estimate of drug-likeness (QED) is 0.880. The molecular weight excluding hydrogens is 218 g/mol. The van der Waals surface area contributed by atoms with Crippen LogP contribution in [0, 0.1) is 0 Å². The van der Waals surface area contributed by atoms with Crippen molar-refractivity contribution >= 4 is 17.0 Å². The van der Waals surface area contributed by atoms with E-state index in [1.54, 1.807) is 11.3 Å². The molecule has 0 unspecified atom stereocenters.